The molecule has 8 heteroatoms. The maximum Gasteiger partial charge on any atom is 0.317 e. The van der Waals surface area contributed by atoms with Crippen molar-refractivity contribution in [3.05, 3.63) is 42.5 Å². The molecule has 0 saturated heterocycles. The first kappa shape index (κ1) is 16.9. The van der Waals surface area contributed by atoms with Gasteiger partial charge >= 0.3 is 6.03 Å². The topological polar surface area (TPSA) is 92.5 Å². The predicted octanol–water partition coefficient (Wildman–Crippen LogP) is 0.416. The van der Waals surface area contributed by atoms with E-state index in [9.17, 15) is 9.90 Å². The summed E-state index contributed by atoms with van der Waals surface area (Å²) in [4.78, 5) is 13.4. The molecule has 1 aromatic carbocycles. The van der Waals surface area contributed by atoms with Crippen molar-refractivity contribution >= 4 is 6.03 Å². The first-order valence-electron chi connectivity index (χ1n) is 7.22. The van der Waals surface area contributed by atoms with Crippen LogP contribution >= 0.6 is 0 Å². The van der Waals surface area contributed by atoms with Gasteiger partial charge in [-0.2, -0.15) is 0 Å². The van der Waals surface area contributed by atoms with Crippen LogP contribution < -0.4 is 5.32 Å². The average Bonchev–Trinajstić information content (AvgIpc) is 3.02. The maximum absolute atomic E-state index is 12.0. The molecule has 0 aliphatic heterocycles. The number of amides is 2. The molecule has 124 valence electrons. The highest BCUT2D eigenvalue weighted by Gasteiger charge is 2.14. The zero-order chi connectivity index (χ0) is 16.7. The second-order valence-electron chi connectivity index (χ2n) is 5.10. The second kappa shape index (κ2) is 8.25. The van der Waals surface area contributed by atoms with Crippen molar-refractivity contribution in [1.82, 2.24) is 25.0 Å². The number of nitrogens with one attached hydrogen (secondary N) is 1. The fraction of sp³-hybridized carbons (Fsp3) is 0.400. The molecule has 0 radical (unpaired) electrons. The Kier molecular flexibility index (Phi) is 6.07. The van der Waals surface area contributed by atoms with E-state index in [1.807, 2.05) is 30.3 Å². The normalized spacial score (nSPS) is 12.0. The minimum atomic E-state index is -0.719. The quantitative estimate of drug-likeness (QED) is 0.771. The van der Waals surface area contributed by atoms with Crippen LogP contribution in [0.15, 0.2) is 36.7 Å². The number of benzene rings is 1. The lowest BCUT2D eigenvalue weighted by Crippen LogP contribution is -2.42. The lowest BCUT2D eigenvalue weighted by atomic mass is 10.3. The Bertz CT molecular complexity index is 617. The summed E-state index contributed by atoms with van der Waals surface area (Å²) in [7, 11) is 3.11. The van der Waals surface area contributed by atoms with Gasteiger partial charge in [0.25, 0.3) is 0 Å². The second-order valence-corrected chi connectivity index (χ2v) is 5.10. The van der Waals surface area contributed by atoms with Crippen LogP contribution in [0.3, 0.4) is 0 Å². The highest BCUT2D eigenvalue weighted by molar-refractivity contribution is 5.73. The van der Waals surface area contributed by atoms with E-state index in [2.05, 4.69) is 15.5 Å². The largest absolute Gasteiger partial charge is 0.389 e. The molecule has 2 amide bonds. The Hall–Kier alpha value is -2.45. The number of likely N-dealkylation sites (N-methyl/N-ethyl adjacent to an activating group) is 1. The summed E-state index contributed by atoms with van der Waals surface area (Å²) in [6.07, 6.45) is 0.881. The van der Waals surface area contributed by atoms with Crippen LogP contribution in [0.1, 0.15) is 5.82 Å². The number of para-hydroxylation sites is 1. The van der Waals surface area contributed by atoms with E-state index in [-0.39, 0.29) is 25.7 Å². The van der Waals surface area contributed by atoms with E-state index < -0.39 is 6.10 Å². The summed E-state index contributed by atoms with van der Waals surface area (Å²) in [6, 6.07) is 9.33. The summed E-state index contributed by atoms with van der Waals surface area (Å²) in [6.45, 7) is 0.601. The highest BCUT2D eigenvalue weighted by atomic mass is 16.5. The van der Waals surface area contributed by atoms with Crippen molar-refractivity contribution in [2.45, 2.75) is 12.6 Å². The van der Waals surface area contributed by atoms with E-state index >= 15 is 0 Å². The number of rotatable bonds is 7. The number of methoxy groups -OCH3 is 1. The van der Waals surface area contributed by atoms with Gasteiger partial charge in [-0.3, -0.25) is 4.57 Å². The van der Waals surface area contributed by atoms with Gasteiger partial charge in [0.2, 0.25) is 0 Å². The number of aliphatic hydroxyl groups is 1. The summed E-state index contributed by atoms with van der Waals surface area (Å²) < 4.78 is 6.64. The van der Waals surface area contributed by atoms with Crippen LogP contribution in [0, 0.1) is 0 Å². The smallest absolute Gasteiger partial charge is 0.317 e. The molecule has 2 rings (SSSR count). The molecule has 8 nitrogen and oxygen atoms in total. The van der Waals surface area contributed by atoms with Crippen molar-refractivity contribution in [3.8, 4) is 5.69 Å². The van der Waals surface area contributed by atoms with Gasteiger partial charge in [-0.1, -0.05) is 18.2 Å². The highest BCUT2D eigenvalue weighted by Crippen LogP contribution is 2.08. The van der Waals surface area contributed by atoms with Gasteiger partial charge in [0.05, 0.1) is 25.8 Å². The third-order valence-corrected chi connectivity index (χ3v) is 3.24. The molecule has 1 aromatic heterocycles. The van der Waals surface area contributed by atoms with Gasteiger partial charge < -0.3 is 20.1 Å². The molecule has 0 saturated carbocycles. The van der Waals surface area contributed by atoms with Gasteiger partial charge in [-0.15, -0.1) is 10.2 Å². The molecule has 0 unspecified atom stereocenters. The SMILES string of the molecule is COC[C@H](O)CN(C)C(=O)NCc1nncn1-c1ccccc1. The molecule has 0 aliphatic rings. The molecule has 0 aliphatic carbocycles. The number of hydrogen-bond acceptors (Lipinski definition) is 5. The minimum absolute atomic E-state index is 0.181. The van der Waals surface area contributed by atoms with Gasteiger partial charge in [-0.25, -0.2) is 4.79 Å². The van der Waals surface area contributed by atoms with E-state index in [0.29, 0.717) is 5.82 Å². The van der Waals surface area contributed by atoms with Gasteiger partial charge in [-0.05, 0) is 12.1 Å². The van der Waals surface area contributed by atoms with E-state index in [4.69, 9.17) is 4.74 Å². The molecule has 0 spiro atoms. The van der Waals surface area contributed by atoms with Crippen molar-refractivity contribution in [3.63, 3.8) is 0 Å². The Labute approximate surface area is 134 Å². The lowest BCUT2D eigenvalue weighted by Gasteiger charge is -2.20. The number of nitrogens with zero attached hydrogens (tertiary/aromatic N) is 4. The molecule has 0 bridgehead atoms. The van der Waals surface area contributed by atoms with Crippen LogP contribution in [0.4, 0.5) is 4.79 Å². The zero-order valence-electron chi connectivity index (χ0n) is 13.2. The number of carbonyl (C=O) groups is 1. The fourth-order valence-corrected chi connectivity index (χ4v) is 2.12. The standard InChI is InChI=1S/C15H21N5O3/c1-19(9-13(21)10-23-2)15(22)16-8-14-18-17-11-20(14)12-6-4-3-5-7-12/h3-7,11,13,21H,8-10H2,1-2H3,(H,16,22)/t13-/m1/s1. The van der Waals surface area contributed by atoms with Gasteiger partial charge in [0.15, 0.2) is 5.82 Å². The Morgan fingerprint density at radius 2 is 2.17 bits per heavy atom. The lowest BCUT2D eigenvalue weighted by molar-refractivity contribution is 0.0489. The first-order chi connectivity index (χ1) is 11.1. The predicted molar refractivity (Wildman–Crippen MR) is 84.1 cm³/mol. The number of urea groups is 1. The number of aliphatic hydroxyl groups excluding tert-OH is 1. The maximum atomic E-state index is 12.0. The van der Waals surface area contributed by atoms with Crippen molar-refractivity contribution < 1.29 is 14.6 Å². The summed E-state index contributed by atoms with van der Waals surface area (Å²) >= 11 is 0. The summed E-state index contributed by atoms with van der Waals surface area (Å²) in [5, 5.41) is 20.3. The van der Waals surface area contributed by atoms with Crippen molar-refractivity contribution in [1.29, 1.82) is 0 Å². The van der Waals surface area contributed by atoms with Crippen molar-refractivity contribution in [2.24, 2.45) is 0 Å². The number of hydrogen-bond donors (Lipinski definition) is 2. The molecule has 1 atom stereocenters. The summed E-state index contributed by atoms with van der Waals surface area (Å²) in [5.74, 6) is 0.621. The third-order valence-electron chi connectivity index (χ3n) is 3.24. The fourth-order valence-electron chi connectivity index (χ4n) is 2.12. The van der Waals surface area contributed by atoms with Crippen LogP contribution in [-0.2, 0) is 11.3 Å². The Morgan fingerprint density at radius 3 is 2.87 bits per heavy atom. The summed E-state index contributed by atoms with van der Waals surface area (Å²) in [5.41, 5.74) is 0.922. The third kappa shape index (κ3) is 4.76. The first-order valence-corrected chi connectivity index (χ1v) is 7.22. The number of aromatic nitrogens is 3. The zero-order valence-corrected chi connectivity index (χ0v) is 13.2. The molecule has 1 heterocycles. The van der Waals surface area contributed by atoms with Crippen LogP contribution in [0.5, 0.6) is 0 Å². The molecule has 0 fully saturated rings. The molecular formula is C15H21N5O3. The van der Waals surface area contributed by atoms with Crippen molar-refractivity contribution in [2.75, 3.05) is 27.3 Å². The Morgan fingerprint density at radius 1 is 1.43 bits per heavy atom. The minimum Gasteiger partial charge on any atom is -0.389 e. The van der Waals surface area contributed by atoms with Crippen LogP contribution in [0.25, 0.3) is 5.69 Å². The van der Waals surface area contributed by atoms with E-state index in [1.165, 1.54) is 12.0 Å². The molecule has 2 aromatic rings. The number of ether oxygens (including phenoxy) is 1. The molecule has 23 heavy (non-hydrogen) atoms. The van der Waals surface area contributed by atoms with E-state index in [0.717, 1.165) is 5.69 Å². The van der Waals surface area contributed by atoms with Crippen LogP contribution in [-0.4, -0.2) is 64.2 Å². The van der Waals surface area contributed by atoms with E-state index in [1.54, 1.807) is 17.9 Å². The van der Waals surface area contributed by atoms with Crippen LogP contribution in [0.2, 0.25) is 0 Å². The molecular weight excluding hydrogens is 298 g/mol. The van der Waals surface area contributed by atoms with Gasteiger partial charge in [0.1, 0.15) is 6.33 Å². The van der Waals surface area contributed by atoms with Gasteiger partial charge in [0, 0.05) is 19.8 Å². The monoisotopic (exact) mass is 319 g/mol. The number of carbonyl (C=O) groups excluding carboxylic acids is 1. The average molecular weight is 319 g/mol. The molecule has 2 N–H and O–H groups in total. The Balaban J connectivity index is 1.92.